The second-order valence-electron chi connectivity index (χ2n) is 4.38. The van der Waals surface area contributed by atoms with E-state index in [1.807, 2.05) is 37.3 Å². The van der Waals surface area contributed by atoms with E-state index in [2.05, 4.69) is 11.4 Å². The Bertz CT molecular complexity index is 723. The van der Waals surface area contributed by atoms with Crippen molar-refractivity contribution in [2.45, 2.75) is 13.5 Å². The molecule has 2 rings (SSSR count). The number of nitrogens with zero attached hydrogens (tertiary/aromatic N) is 2. The summed E-state index contributed by atoms with van der Waals surface area (Å²) in [7, 11) is 0. The van der Waals surface area contributed by atoms with Crippen molar-refractivity contribution in [2.75, 3.05) is 5.32 Å². The van der Waals surface area contributed by atoms with Crippen LogP contribution in [0.25, 0.3) is 0 Å². The number of nitrogens with one attached hydrogen (secondary N) is 1. The summed E-state index contributed by atoms with van der Waals surface area (Å²) >= 11 is 6.12. The van der Waals surface area contributed by atoms with Crippen molar-refractivity contribution < 1.29 is 0 Å². The van der Waals surface area contributed by atoms with Crippen LogP contribution in [0.2, 0.25) is 5.02 Å². The highest BCUT2D eigenvalue weighted by Gasteiger charge is 2.06. The molecule has 3 nitrogen and oxygen atoms in total. The van der Waals surface area contributed by atoms with Crippen LogP contribution in [0.4, 0.5) is 5.69 Å². The Hall–Kier alpha value is -2.49. The monoisotopic (exact) mass is 281 g/mol. The van der Waals surface area contributed by atoms with E-state index >= 15 is 0 Å². The first kappa shape index (κ1) is 13.9. The van der Waals surface area contributed by atoms with E-state index in [-0.39, 0.29) is 0 Å². The van der Waals surface area contributed by atoms with Crippen molar-refractivity contribution in [3.63, 3.8) is 0 Å². The normalized spacial score (nSPS) is 9.60. The van der Waals surface area contributed by atoms with Crippen molar-refractivity contribution in [3.05, 3.63) is 63.7 Å². The highest BCUT2D eigenvalue weighted by molar-refractivity contribution is 6.31. The number of hydrogen-bond acceptors (Lipinski definition) is 3. The Labute approximate surface area is 123 Å². The van der Waals surface area contributed by atoms with Gasteiger partial charge in [0.25, 0.3) is 0 Å². The van der Waals surface area contributed by atoms with Gasteiger partial charge in [0.15, 0.2) is 0 Å². The van der Waals surface area contributed by atoms with Crippen LogP contribution < -0.4 is 5.32 Å². The Balaban J connectivity index is 2.20. The van der Waals surface area contributed by atoms with Crippen LogP contribution in [0, 0.1) is 29.6 Å². The summed E-state index contributed by atoms with van der Waals surface area (Å²) in [6.07, 6.45) is 0. The molecule has 0 amide bonds. The van der Waals surface area contributed by atoms with Crippen molar-refractivity contribution >= 4 is 17.3 Å². The maximum absolute atomic E-state index is 9.17. The minimum Gasteiger partial charge on any atom is -0.380 e. The Morgan fingerprint density at radius 3 is 2.60 bits per heavy atom. The average Bonchev–Trinajstić information content (AvgIpc) is 2.46. The third-order valence-electron chi connectivity index (χ3n) is 3.04. The van der Waals surface area contributed by atoms with Gasteiger partial charge in [-0.05, 0) is 36.2 Å². The lowest BCUT2D eigenvalue weighted by Gasteiger charge is -2.11. The molecule has 0 spiro atoms. The van der Waals surface area contributed by atoms with E-state index in [9.17, 15) is 0 Å². The molecule has 0 saturated carbocycles. The maximum Gasteiger partial charge on any atom is 0.102 e. The fourth-order valence-electron chi connectivity index (χ4n) is 1.91. The van der Waals surface area contributed by atoms with Crippen molar-refractivity contribution in [1.29, 1.82) is 10.5 Å². The Morgan fingerprint density at radius 1 is 1.15 bits per heavy atom. The molecule has 1 N–H and O–H groups in total. The predicted octanol–water partition coefficient (Wildman–Crippen LogP) is 4.00. The van der Waals surface area contributed by atoms with Gasteiger partial charge in [-0.1, -0.05) is 29.8 Å². The first-order valence-corrected chi connectivity index (χ1v) is 6.45. The van der Waals surface area contributed by atoms with E-state index in [1.165, 1.54) is 0 Å². The second-order valence-corrected chi connectivity index (χ2v) is 4.79. The average molecular weight is 282 g/mol. The summed E-state index contributed by atoms with van der Waals surface area (Å²) in [5, 5.41) is 21.7. The zero-order chi connectivity index (χ0) is 14.5. The summed E-state index contributed by atoms with van der Waals surface area (Å²) < 4.78 is 0. The van der Waals surface area contributed by atoms with Gasteiger partial charge in [-0.3, -0.25) is 0 Å². The summed E-state index contributed by atoms with van der Waals surface area (Å²) in [5.74, 6) is 0. The molecule has 2 aromatic rings. The van der Waals surface area contributed by atoms with Gasteiger partial charge >= 0.3 is 0 Å². The van der Waals surface area contributed by atoms with Gasteiger partial charge in [0.2, 0.25) is 0 Å². The molecule has 0 aliphatic rings. The Kier molecular flexibility index (Phi) is 4.25. The number of aryl methyl sites for hydroxylation is 1. The van der Waals surface area contributed by atoms with E-state index in [1.54, 1.807) is 12.1 Å². The van der Waals surface area contributed by atoms with E-state index in [0.717, 1.165) is 16.8 Å². The van der Waals surface area contributed by atoms with Gasteiger partial charge in [0.1, 0.15) is 6.07 Å². The van der Waals surface area contributed by atoms with Crippen molar-refractivity contribution in [3.8, 4) is 12.1 Å². The number of benzene rings is 2. The number of anilines is 1. The molecule has 0 heterocycles. The lowest BCUT2D eigenvalue weighted by Crippen LogP contribution is -2.03. The zero-order valence-corrected chi connectivity index (χ0v) is 11.7. The quantitative estimate of drug-likeness (QED) is 0.925. The molecular weight excluding hydrogens is 270 g/mol. The SMILES string of the molecule is Cc1cccc(NCc2ccc(C#N)cc2Cl)c1C#N. The lowest BCUT2D eigenvalue weighted by molar-refractivity contribution is 1.14. The number of hydrogen-bond donors (Lipinski definition) is 1. The summed E-state index contributed by atoms with van der Waals surface area (Å²) in [5.41, 5.74) is 3.77. The fraction of sp³-hybridized carbons (Fsp3) is 0.125. The third kappa shape index (κ3) is 2.91. The first-order valence-electron chi connectivity index (χ1n) is 6.08. The van der Waals surface area contributed by atoms with Gasteiger partial charge in [-0.15, -0.1) is 0 Å². The first-order chi connectivity index (χ1) is 9.65. The smallest absolute Gasteiger partial charge is 0.102 e. The second kappa shape index (κ2) is 6.10. The number of rotatable bonds is 3. The van der Waals surface area contributed by atoms with Gasteiger partial charge in [-0.25, -0.2) is 0 Å². The molecule has 4 heteroatoms. The fourth-order valence-corrected chi connectivity index (χ4v) is 2.16. The maximum atomic E-state index is 9.17. The molecular formula is C16H12ClN3. The number of halogens is 1. The van der Waals surface area contributed by atoms with Gasteiger partial charge in [-0.2, -0.15) is 10.5 Å². The van der Waals surface area contributed by atoms with Crippen LogP contribution in [0.1, 0.15) is 22.3 Å². The van der Waals surface area contributed by atoms with Gasteiger partial charge in [0.05, 0.1) is 22.9 Å². The van der Waals surface area contributed by atoms with Crippen molar-refractivity contribution in [1.82, 2.24) is 0 Å². The molecule has 20 heavy (non-hydrogen) atoms. The molecule has 0 fully saturated rings. The summed E-state index contributed by atoms with van der Waals surface area (Å²) in [6, 6.07) is 15.1. The molecule has 0 bridgehead atoms. The van der Waals surface area contributed by atoms with Crippen LogP contribution in [0.15, 0.2) is 36.4 Å². The molecule has 0 aromatic heterocycles. The molecule has 0 unspecified atom stereocenters. The lowest BCUT2D eigenvalue weighted by atomic mass is 10.1. The molecule has 98 valence electrons. The molecule has 0 radical (unpaired) electrons. The Morgan fingerprint density at radius 2 is 1.95 bits per heavy atom. The van der Waals surface area contributed by atoms with E-state index < -0.39 is 0 Å². The van der Waals surface area contributed by atoms with Gasteiger partial charge < -0.3 is 5.32 Å². The predicted molar refractivity (Wildman–Crippen MR) is 79.4 cm³/mol. The van der Waals surface area contributed by atoms with Crippen LogP contribution in [-0.4, -0.2) is 0 Å². The minimum atomic E-state index is 0.503. The van der Waals surface area contributed by atoms with E-state index in [0.29, 0.717) is 22.7 Å². The summed E-state index contributed by atoms with van der Waals surface area (Å²) in [6.45, 7) is 2.40. The molecule has 0 saturated heterocycles. The third-order valence-corrected chi connectivity index (χ3v) is 3.39. The van der Waals surface area contributed by atoms with Crippen LogP contribution in [0.5, 0.6) is 0 Å². The zero-order valence-electron chi connectivity index (χ0n) is 10.9. The largest absolute Gasteiger partial charge is 0.380 e. The van der Waals surface area contributed by atoms with E-state index in [4.69, 9.17) is 22.1 Å². The van der Waals surface area contributed by atoms with Crippen LogP contribution in [-0.2, 0) is 6.54 Å². The molecule has 0 aliphatic carbocycles. The van der Waals surface area contributed by atoms with Crippen LogP contribution in [0.3, 0.4) is 0 Å². The number of nitriles is 2. The molecule has 0 atom stereocenters. The highest BCUT2D eigenvalue weighted by Crippen LogP contribution is 2.22. The highest BCUT2D eigenvalue weighted by atomic mass is 35.5. The summed E-state index contributed by atoms with van der Waals surface area (Å²) in [4.78, 5) is 0. The topological polar surface area (TPSA) is 59.6 Å². The molecule has 0 aliphatic heterocycles. The van der Waals surface area contributed by atoms with Crippen molar-refractivity contribution in [2.24, 2.45) is 0 Å². The minimum absolute atomic E-state index is 0.503. The standard InChI is InChI=1S/C16H12ClN3/c1-11-3-2-4-16(14(11)9-19)20-10-13-6-5-12(8-18)7-15(13)17/h2-7,20H,10H2,1H3. The van der Waals surface area contributed by atoms with Gasteiger partial charge in [0, 0.05) is 11.6 Å². The van der Waals surface area contributed by atoms with Crippen LogP contribution >= 0.6 is 11.6 Å². The molecule has 2 aromatic carbocycles.